The number of hydrogen-bond acceptors (Lipinski definition) is 6. The SMILES string of the molecule is O=C(CC1(O)CCCCC1)Nc1nnc(-c2ccsc2)s1. The van der Waals surface area contributed by atoms with E-state index in [1.807, 2.05) is 16.8 Å². The standard InChI is InChI=1S/C14H17N3O2S2/c18-11(8-14(19)5-2-1-3-6-14)15-13-17-16-12(21-13)10-4-7-20-9-10/h4,7,9,19H,1-3,5-6,8H2,(H,15,17,18). The van der Waals surface area contributed by atoms with Crippen molar-refractivity contribution in [3.8, 4) is 10.6 Å². The quantitative estimate of drug-likeness (QED) is 0.905. The second-order valence-electron chi connectivity index (χ2n) is 5.43. The maximum absolute atomic E-state index is 12.1. The highest BCUT2D eigenvalue weighted by atomic mass is 32.1. The van der Waals surface area contributed by atoms with Gasteiger partial charge >= 0.3 is 0 Å². The number of thiophene rings is 1. The van der Waals surface area contributed by atoms with E-state index in [1.54, 1.807) is 11.3 Å². The molecular weight excluding hydrogens is 306 g/mol. The van der Waals surface area contributed by atoms with Gasteiger partial charge in [0.15, 0.2) is 0 Å². The molecule has 1 fully saturated rings. The number of carbonyl (C=O) groups is 1. The molecule has 3 rings (SSSR count). The monoisotopic (exact) mass is 323 g/mol. The Hall–Kier alpha value is -1.31. The van der Waals surface area contributed by atoms with E-state index in [1.165, 1.54) is 11.3 Å². The molecule has 0 aromatic carbocycles. The number of nitrogens with one attached hydrogen (secondary N) is 1. The molecule has 21 heavy (non-hydrogen) atoms. The lowest BCUT2D eigenvalue weighted by Gasteiger charge is -2.31. The van der Waals surface area contributed by atoms with Crippen LogP contribution in [0.3, 0.4) is 0 Å². The van der Waals surface area contributed by atoms with Crippen molar-refractivity contribution in [2.24, 2.45) is 0 Å². The number of anilines is 1. The summed E-state index contributed by atoms with van der Waals surface area (Å²) in [4.78, 5) is 12.1. The maximum atomic E-state index is 12.1. The molecular formula is C14H17N3O2S2. The molecule has 1 aliphatic carbocycles. The summed E-state index contributed by atoms with van der Waals surface area (Å²) in [5.41, 5.74) is 0.173. The first-order valence-corrected chi connectivity index (χ1v) is 8.79. The Morgan fingerprint density at radius 3 is 2.86 bits per heavy atom. The lowest BCUT2D eigenvalue weighted by molar-refractivity contribution is -0.122. The van der Waals surface area contributed by atoms with Gasteiger partial charge in [-0.15, -0.1) is 10.2 Å². The molecule has 112 valence electrons. The van der Waals surface area contributed by atoms with Gasteiger partial charge < -0.3 is 10.4 Å². The van der Waals surface area contributed by atoms with Crippen LogP contribution in [0.2, 0.25) is 0 Å². The van der Waals surface area contributed by atoms with Crippen molar-refractivity contribution in [2.75, 3.05) is 5.32 Å². The van der Waals surface area contributed by atoms with Crippen molar-refractivity contribution in [3.05, 3.63) is 16.8 Å². The fraction of sp³-hybridized carbons (Fsp3) is 0.500. The molecule has 5 nitrogen and oxygen atoms in total. The van der Waals surface area contributed by atoms with E-state index >= 15 is 0 Å². The molecule has 0 radical (unpaired) electrons. The van der Waals surface area contributed by atoms with Gasteiger partial charge in [-0.3, -0.25) is 4.79 Å². The lowest BCUT2D eigenvalue weighted by Crippen LogP contribution is -2.35. The average Bonchev–Trinajstić information content (AvgIpc) is 3.08. The molecule has 0 saturated heterocycles. The third kappa shape index (κ3) is 3.66. The minimum atomic E-state index is -0.844. The van der Waals surface area contributed by atoms with Crippen molar-refractivity contribution in [2.45, 2.75) is 44.1 Å². The van der Waals surface area contributed by atoms with Crippen LogP contribution in [0.4, 0.5) is 5.13 Å². The van der Waals surface area contributed by atoms with Crippen LogP contribution in [-0.2, 0) is 4.79 Å². The Morgan fingerprint density at radius 2 is 2.14 bits per heavy atom. The molecule has 2 aromatic heterocycles. The highest BCUT2D eigenvalue weighted by Crippen LogP contribution is 2.32. The van der Waals surface area contributed by atoms with Crippen LogP contribution in [0.5, 0.6) is 0 Å². The number of carbonyl (C=O) groups excluding carboxylic acids is 1. The van der Waals surface area contributed by atoms with Crippen molar-refractivity contribution in [1.29, 1.82) is 0 Å². The van der Waals surface area contributed by atoms with Crippen molar-refractivity contribution in [3.63, 3.8) is 0 Å². The summed E-state index contributed by atoms with van der Waals surface area (Å²) in [5.74, 6) is -0.188. The molecule has 0 unspecified atom stereocenters. The minimum Gasteiger partial charge on any atom is -0.389 e. The number of aromatic nitrogens is 2. The van der Waals surface area contributed by atoms with Crippen molar-refractivity contribution < 1.29 is 9.90 Å². The zero-order chi connectivity index (χ0) is 14.7. The average molecular weight is 323 g/mol. The van der Waals surface area contributed by atoms with Crippen molar-refractivity contribution in [1.82, 2.24) is 10.2 Å². The van der Waals surface area contributed by atoms with Gasteiger partial charge in [-0.25, -0.2) is 0 Å². The Bertz CT molecular complexity index is 604. The summed E-state index contributed by atoms with van der Waals surface area (Å²) in [6.07, 6.45) is 4.67. The minimum absolute atomic E-state index is 0.139. The van der Waals surface area contributed by atoms with Crippen LogP contribution in [0.1, 0.15) is 38.5 Å². The van der Waals surface area contributed by atoms with Gasteiger partial charge in [-0.2, -0.15) is 11.3 Å². The zero-order valence-corrected chi connectivity index (χ0v) is 13.2. The molecule has 0 bridgehead atoms. The third-order valence-corrected chi connectivity index (χ3v) is 5.28. The predicted octanol–water partition coefficient (Wildman–Crippen LogP) is 3.29. The number of aliphatic hydroxyl groups is 1. The first-order chi connectivity index (χ1) is 10.1. The second kappa shape index (κ2) is 6.21. The Kier molecular flexibility index (Phi) is 4.32. The van der Waals surface area contributed by atoms with Crippen LogP contribution in [0, 0.1) is 0 Å². The molecule has 2 aromatic rings. The summed E-state index contributed by atoms with van der Waals surface area (Å²) in [5, 5.41) is 26.4. The van der Waals surface area contributed by atoms with Gasteiger partial charge in [0, 0.05) is 10.9 Å². The van der Waals surface area contributed by atoms with Crippen LogP contribution < -0.4 is 5.32 Å². The number of hydrogen-bond donors (Lipinski definition) is 2. The summed E-state index contributed by atoms with van der Waals surface area (Å²) < 4.78 is 0. The first-order valence-electron chi connectivity index (χ1n) is 7.03. The van der Waals surface area contributed by atoms with Gasteiger partial charge in [-0.05, 0) is 24.3 Å². The number of amides is 1. The van der Waals surface area contributed by atoms with E-state index < -0.39 is 5.60 Å². The van der Waals surface area contributed by atoms with Gasteiger partial charge in [0.2, 0.25) is 11.0 Å². The molecule has 1 saturated carbocycles. The fourth-order valence-electron chi connectivity index (χ4n) is 2.63. The topological polar surface area (TPSA) is 75.1 Å². The molecule has 1 aliphatic rings. The Morgan fingerprint density at radius 1 is 1.33 bits per heavy atom. The lowest BCUT2D eigenvalue weighted by atomic mass is 9.82. The first kappa shape index (κ1) is 14.6. The van der Waals surface area contributed by atoms with Crippen LogP contribution in [0.25, 0.3) is 10.6 Å². The second-order valence-corrected chi connectivity index (χ2v) is 7.19. The predicted molar refractivity (Wildman–Crippen MR) is 84.5 cm³/mol. The van der Waals surface area contributed by atoms with E-state index in [4.69, 9.17) is 0 Å². The molecule has 1 amide bonds. The van der Waals surface area contributed by atoms with Gasteiger partial charge in [0.05, 0.1) is 12.0 Å². The smallest absolute Gasteiger partial charge is 0.229 e. The van der Waals surface area contributed by atoms with E-state index in [9.17, 15) is 9.90 Å². The summed E-state index contributed by atoms with van der Waals surface area (Å²) in [6, 6.07) is 1.97. The van der Waals surface area contributed by atoms with Crippen LogP contribution in [0.15, 0.2) is 16.8 Å². The third-order valence-electron chi connectivity index (χ3n) is 3.71. The summed E-state index contributed by atoms with van der Waals surface area (Å²) in [7, 11) is 0. The number of rotatable bonds is 4. The largest absolute Gasteiger partial charge is 0.389 e. The molecule has 0 aliphatic heterocycles. The summed E-state index contributed by atoms with van der Waals surface area (Å²) >= 11 is 2.95. The molecule has 2 N–H and O–H groups in total. The summed E-state index contributed by atoms with van der Waals surface area (Å²) in [6.45, 7) is 0. The Labute approximate surface area is 131 Å². The number of nitrogens with zero attached hydrogens (tertiary/aromatic N) is 2. The maximum Gasteiger partial charge on any atom is 0.229 e. The molecule has 0 spiro atoms. The fourth-order valence-corrected chi connectivity index (χ4v) is 4.10. The molecule has 0 atom stereocenters. The highest BCUT2D eigenvalue weighted by Gasteiger charge is 2.31. The highest BCUT2D eigenvalue weighted by molar-refractivity contribution is 7.19. The van der Waals surface area contributed by atoms with Gasteiger partial charge in [0.25, 0.3) is 0 Å². The van der Waals surface area contributed by atoms with E-state index in [-0.39, 0.29) is 12.3 Å². The zero-order valence-electron chi connectivity index (χ0n) is 11.5. The van der Waals surface area contributed by atoms with Crippen LogP contribution in [-0.4, -0.2) is 26.8 Å². The normalized spacial score (nSPS) is 17.6. The van der Waals surface area contributed by atoms with Crippen molar-refractivity contribution >= 4 is 33.7 Å². The molecule has 7 heteroatoms. The molecule has 2 heterocycles. The van der Waals surface area contributed by atoms with E-state index in [0.717, 1.165) is 29.8 Å². The van der Waals surface area contributed by atoms with Gasteiger partial charge in [0.1, 0.15) is 5.01 Å². The Balaban J connectivity index is 1.60. The van der Waals surface area contributed by atoms with E-state index in [2.05, 4.69) is 15.5 Å². The van der Waals surface area contributed by atoms with Crippen LogP contribution >= 0.6 is 22.7 Å². The van der Waals surface area contributed by atoms with E-state index in [0.29, 0.717) is 18.0 Å². The van der Waals surface area contributed by atoms with Gasteiger partial charge in [-0.1, -0.05) is 30.6 Å².